The number of nitrogens with one attached hydrogen (secondary N) is 1. The van der Waals surface area contributed by atoms with E-state index >= 15 is 0 Å². The SMILES string of the molecule is Cc1nc(N(C)CC2CCCN2C)ccc1CNC(C)C. The predicted octanol–water partition coefficient (Wildman–Crippen LogP) is 2.42. The summed E-state index contributed by atoms with van der Waals surface area (Å²) in [7, 11) is 4.38. The topological polar surface area (TPSA) is 31.4 Å². The largest absolute Gasteiger partial charge is 0.358 e. The van der Waals surface area contributed by atoms with E-state index in [-0.39, 0.29) is 0 Å². The van der Waals surface area contributed by atoms with Gasteiger partial charge in [0, 0.05) is 37.9 Å². The average molecular weight is 290 g/mol. The van der Waals surface area contributed by atoms with E-state index in [0.29, 0.717) is 12.1 Å². The van der Waals surface area contributed by atoms with Gasteiger partial charge < -0.3 is 15.1 Å². The van der Waals surface area contributed by atoms with Gasteiger partial charge in [-0.2, -0.15) is 0 Å². The maximum Gasteiger partial charge on any atom is 0.128 e. The number of rotatable bonds is 6. The number of aromatic nitrogens is 1. The van der Waals surface area contributed by atoms with Crippen molar-refractivity contribution in [3.63, 3.8) is 0 Å². The van der Waals surface area contributed by atoms with Crippen LogP contribution in [0.2, 0.25) is 0 Å². The molecule has 0 radical (unpaired) electrons. The Balaban J connectivity index is 1.98. The van der Waals surface area contributed by atoms with Gasteiger partial charge in [0.2, 0.25) is 0 Å². The number of aryl methyl sites for hydroxylation is 1. The smallest absolute Gasteiger partial charge is 0.128 e. The lowest BCUT2D eigenvalue weighted by molar-refractivity contribution is 0.314. The predicted molar refractivity (Wildman–Crippen MR) is 89.9 cm³/mol. The van der Waals surface area contributed by atoms with Gasteiger partial charge in [-0.05, 0) is 45.0 Å². The first-order valence-electron chi connectivity index (χ1n) is 8.08. The number of hydrogen-bond acceptors (Lipinski definition) is 4. The van der Waals surface area contributed by atoms with Crippen LogP contribution in [0.25, 0.3) is 0 Å². The summed E-state index contributed by atoms with van der Waals surface area (Å²) in [6.07, 6.45) is 2.62. The minimum absolute atomic E-state index is 0.504. The first-order valence-corrected chi connectivity index (χ1v) is 8.08. The van der Waals surface area contributed by atoms with Crippen LogP contribution in [0, 0.1) is 6.92 Å². The molecule has 0 aliphatic carbocycles. The zero-order chi connectivity index (χ0) is 15.4. The molecule has 4 heteroatoms. The third-order valence-electron chi connectivity index (χ3n) is 4.43. The molecule has 0 amide bonds. The minimum Gasteiger partial charge on any atom is -0.358 e. The van der Waals surface area contributed by atoms with Crippen molar-refractivity contribution in [3.8, 4) is 0 Å². The van der Waals surface area contributed by atoms with Gasteiger partial charge in [0.15, 0.2) is 0 Å². The van der Waals surface area contributed by atoms with Gasteiger partial charge in [0.05, 0.1) is 0 Å². The van der Waals surface area contributed by atoms with Crippen molar-refractivity contribution >= 4 is 5.82 Å². The van der Waals surface area contributed by atoms with Crippen LogP contribution in [-0.4, -0.2) is 49.2 Å². The van der Waals surface area contributed by atoms with Crippen molar-refractivity contribution in [2.75, 3.05) is 32.1 Å². The Bertz CT molecular complexity index is 458. The molecule has 118 valence electrons. The van der Waals surface area contributed by atoms with Crippen LogP contribution in [0.4, 0.5) is 5.82 Å². The van der Waals surface area contributed by atoms with Gasteiger partial charge in [-0.1, -0.05) is 19.9 Å². The molecule has 0 aromatic carbocycles. The quantitative estimate of drug-likeness (QED) is 0.872. The number of likely N-dealkylation sites (N-methyl/N-ethyl adjacent to an activating group) is 2. The molecule has 1 aromatic heterocycles. The maximum atomic E-state index is 4.79. The summed E-state index contributed by atoms with van der Waals surface area (Å²) in [6.45, 7) is 9.63. The summed E-state index contributed by atoms with van der Waals surface area (Å²) in [5.74, 6) is 1.08. The van der Waals surface area contributed by atoms with Crippen molar-refractivity contribution in [3.05, 3.63) is 23.4 Å². The molecule has 1 saturated heterocycles. The summed E-state index contributed by atoms with van der Waals surface area (Å²) in [6, 6.07) is 5.53. The van der Waals surface area contributed by atoms with Crippen molar-refractivity contribution in [1.29, 1.82) is 0 Å². The van der Waals surface area contributed by atoms with Gasteiger partial charge in [0.25, 0.3) is 0 Å². The molecule has 0 saturated carbocycles. The van der Waals surface area contributed by atoms with Crippen LogP contribution < -0.4 is 10.2 Å². The highest BCUT2D eigenvalue weighted by atomic mass is 15.2. The van der Waals surface area contributed by atoms with E-state index in [1.165, 1.54) is 24.9 Å². The van der Waals surface area contributed by atoms with Crippen LogP contribution in [0.15, 0.2) is 12.1 Å². The second-order valence-corrected chi connectivity index (χ2v) is 6.61. The van der Waals surface area contributed by atoms with Crippen LogP contribution in [0.1, 0.15) is 37.9 Å². The Morgan fingerprint density at radius 1 is 1.43 bits per heavy atom. The van der Waals surface area contributed by atoms with Crippen LogP contribution in [-0.2, 0) is 6.54 Å². The fourth-order valence-corrected chi connectivity index (χ4v) is 2.91. The molecule has 0 spiro atoms. The van der Waals surface area contributed by atoms with Gasteiger partial charge >= 0.3 is 0 Å². The molecule has 1 aliphatic heterocycles. The van der Waals surface area contributed by atoms with E-state index in [9.17, 15) is 0 Å². The second-order valence-electron chi connectivity index (χ2n) is 6.61. The van der Waals surface area contributed by atoms with Crippen molar-refractivity contribution < 1.29 is 0 Å². The molecule has 0 bridgehead atoms. The van der Waals surface area contributed by atoms with Gasteiger partial charge in [-0.15, -0.1) is 0 Å². The first kappa shape index (κ1) is 16.2. The standard InChI is InChI=1S/C17H30N4/c1-13(2)18-11-15-8-9-17(19-14(15)3)21(5)12-16-7-6-10-20(16)4/h8-9,13,16,18H,6-7,10-12H2,1-5H3. The first-order chi connectivity index (χ1) is 9.97. The van der Waals surface area contributed by atoms with E-state index in [1.54, 1.807) is 0 Å². The number of anilines is 1. The Morgan fingerprint density at radius 3 is 2.76 bits per heavy atom. The van der Waals surface area contributed by atoms with E-state index in [1.807, 2.05) is 0 Å². The van der Waals surface area contributed by atoms with Gasteiger partial charge in [-0.3, -0.25) is 0 Å². The summed E-state index contributed by atoms with van der Waals surface area (Å²) in [4.78, 5) is 9.54. The van der Waals surface area contributed by atoms with E-state index in [4.69, 9.17) is 4.98 Å². The molecule has 2 heterocycles. The lowest BCUT2D eigenvalue weighted by Crippen LogP contribution is -2.37. The second kappa shape index (κ2) is 7.23. The zero-order valence-electron chi connectivity index (χ0n) is 14.2. The number of hydrogen-bond donors (Lipinski definition) is 1. The fourth-order valence-electron chi connectivity index (χ4n) is 2.91. The highest BCUT2D eigenvalue weighted by Crippen LogP contribution is 2.19. The highest BCUT2D eigenvalue weighted by Gasteiger charge is 2.22. The fraction of sp³-hybridized carbons (Fsp3) is 0.706. The average Bonchev–Trinajstić information content (AvgIpc) is 2.82. The summed E-state index contributed by atoms with van der Waals surface area (Å²) in [5.41, 5.74) is 2.42. The monoisotopic (exact) mass is 290 g/mol. The van der Waals surface area contributed by atoms with Crippen LogP contribution in [0.3, 0.4) is 0 Å². The van der Waals surface area contributed by atoms with Crippen molar-refractivity contribution in [1.82, 2.24) is 15.2 Å². The molecule has 1 atom stereocenters. The van der Waals surface area contributed by atoms with E-state index in [2.05, 4.69) is 62.1 Å². The molecule has 1 aromatic rings. The van der Waals surface area contributed by atoms with Gasteiger partial charge in [-0.25, -0.2) is 4.98 Å². The molecular formula is C17H30N4. The molecule has 1 unspecified atom stereocenters. The van der Waals surface area contributed by atoms with E-state index < -0.39 is 0 Å². The molecule has 21 heavy (non-hydrogen) atoms. The van der Waals surface area contributed by atoms with Crippen LogP contribution in [0.5, 0.6) is 0 Å². The molecule has 1 N–H and O–H groups in total. The molecule has 1 aliphatic rings. The maximum absolute atomic E-state index is 4.79. The Kier molecular flexibility index (Phi) is 5.59. The lowest BCUT2D eigenvalue weighted by Gasteiger charge is -2.27. The molecular weight excluding hydrogens is 260 g/mol. The third kappa shape index (κ3) is 4.42. The third-order valence-corrected chi connectivity index (χ3v) is 4.43. The van der Waals surface area contributed by atoms with Crippen LogP contribution >= 0.6 is 0 Å². The molecule has 2 rings (SSSR count). The van der Waals surface area contributed by atoms with E-state index in [0.717, 1.165) is 24.6 Å². The number of likely N-dealkylation sites (tertiary alicyclic amines) is 1. The normalized spacial score (nSPS) is 19.4. The number of nitrogens with zero attached hydrogens (tertiary/aromatic N) is 3. The molecule has 1 fully saturated rings. The minimum atomic E-state index is 0.504. The lowest BCUT2D eigenvalue weighted by atomic mass is 10.2. The summed E-state index contributed by atoms with van der Waals surface area (Å²) >= 11 is 0. The summed E-state index contributed by atoms with van der Waals surface area (Å²) in [5, 5.41) is 3.46. The Hall–Kier alpha value is -1.13. The molecule has 4 nitrogen and oxygen atoms in total. The van der Waals surface area contributed by atoms with Gasteiger partial charge in [0.1, 0.15) is 5.82 Å². The summed E-state index contributed by atoms with van der Waals surface area (Å²) < 4.78 is 0. The van der Waals surface area contributed by atoms with Crippen molar-refractivity contribution in [2.45, 2.75) is 52.2 Å². The van der Waals surface area contributed by atoms with Crippen molar-refractivity contribution in [2.24, 2.45) is 0 Å². The Morgan fingerprint density at radius 2 is 2.19 bits per heavy atom. The highest BCUT2D eigenvalue weighted by molar-refractivity contribution is 5.41. The Labute approximate surface area is 129 Å². The zero-order valence-corrected chi connectivity index (χ0v) is 14.2. The number of pyridine rings is 1.